The lowest BCUT2D eigenvalue weighted by Crippen LogP contribution is -2.15. The number of Topliss-reactive ketones (excluding diaryl/α,β-unsaturated/α-hetero) is 1. The number of nitrogens with two attached hydrogens (primary N) is 1. The van der Waals surface area contributed by atoms with Crippen LogP contribution in [0.25, 0.3) is 0 Å². The molecule has 0 saturated heterocycles. The van der Waals surface area contributed by atoms with Gasteiger partial charge in [-0.3, -0.25) is 4.79 Å². The summed E-state index contributed by atoms with van der Waals surface area (Å²) in [4.78, 5) is 12.2. The van der Waals surface area contributed by atoms with Crippen LogP contribution in [0, 0.1) is 0 Å². The number of hydrogen-bond acceptors (Lipinski definition) is 4. The number of carbonyl (C=O) groups is 1. The number of rotatable bonds is 7. The van der Waals surface area contributed by atoms with E-state index in [1.54, 1.807) is 4.68 Å². The van der Waals surface area contributed by atoms with E-state index >= 15 is 0 Å². The number of carbonyl (C=O) groups excluding carboxylic acids is 1. The maximum atomic E-state index is 12.2. The second-order valence-electron chi connectivity index (χ2n) is 4.82. The summed E-state index contributed by atoms with van der Waals surface area (Å²) in [7, 11) is 0. The third-order valence-corrected chi connectivity index (χ3v) is 3.25. The van der Waals surface area contributed by atoms with E-state index in [0.29, 0.717) is 25.1 Å². The number of benzene rings is 1. The molecule has 0 fully saturated rings. The number of aryl methyl sites for hydroxylation is 1. The first-order chi connectivity index (χ1) is 9.72. The zero-order valence-electron chi connectivity index (χ0n) is 11.7. The van der Waals surface area contributed by atoms with Crippen LogP contribution in [0.1, 0.15) is 48.3 Å². The average Bonchev–Trinajstić information content (AvgIpc) is 2.94. The van der Waals surface area contributed by atoms with Crippen molar-refractivity contribution in [3.8, 4) is 0 Å². The third-order valence-electron chi connectivity index (χ3n) is 3.25. The molecule has 0 aliphatic rings. The van der Waals surface area contributed by atoms with E-state index in [9.17, 15) is 4.79 Å². The van der Waals surface area contributed by atoms with Gasteiger partial charge in [-0.1, -0.05) is 42.5 Å². The largest absolute Gasteiger partial charge is 0.324 e. The lowest BCUT2D eigenvalue weighted by molar-refractivity contribution is 0.0967. The van der Waals surface area contributed by atoms with Crippen LogP contribution >= 0.6 is 0 Å². The van der Waals surface area contributed by atoms with E-state index in [2.05, 4.69) is 10.3 Å². The third kappa shape index (κ3) is 3.51. The molecule has 0 bridgehead atoms. The van der Waals surface area contributed by atoms with Gasteiger partial charge in [0.05, 0.1) is 6.20 Å². The highest BCUT2D eigenvalue weighted by molar-refractivity contribution is 5.94. The van der Waals surface area contributed by atoms with Gasteiger partial charge in [0, 0.05) is 19.0 Å². The molecule has 5 nitrogen and oxygen atoms in total. The topological polar surface area (TPSA) is 73.8 Å². The van der Waals surface area contributed by atoms with E-state index < -0.39 is 0 Å². The van der Waals surface area contributed by atoms with Gasteiger partial charge in [0.2, 0.25) is 0 Å². The van der Waals surface area contributed by atoms with Gasteiger partial charge < -0.3 is 5.73 Å². The SMILES string of the molecule is CCCn1nncc1C(=O)CCC(N)c1ccccc1. The van der Waals surface area contributed by atoms with Crippen LogP contribution in [0.3, 0.4) is 0 Å². The number of nitrogens with zero attached hydrogens (tertiary/aromatic N) is 3. The van der Waals surface area contributed by atoms with Crippen molar-refractivity contribution in [1.29, 1.82) is 0 Å². The fraction of sp³-hybridized carbons (Fsp3) is 0.400. The van der Waals surface area contributed by atoms with Crippen LogP contribution in [0.5, 0.6) is 0 Å². The predicted molar refractivity (Wildman–Crippen MR) is 77.2 cm³/mol. The molecule has 1 heterocycles. The number of hydrogen-bond donors (Lipinski definition) is 1. The van der Waals surface area contributed by atoms with Gasteiger partial charge in [-0.2, -0.15) is 0 Å². The van der Waals surface area contributed by atoms with Gasteiger partial charge in [-0.05, 0) is 18.4 Å². The smallest absolute Gasteiger partial charge is 0.182 e. The molecule has 1 unspecified atom stereocenters. The van der Waals surface area contributed by atoms with Crippen molar-refractivity contribution >= 4 is 5.78 Å². The van der Waals surface area contributed by atoms with Gasteiger partial charge in [-0.25, -0.2) is 4.68 Å². The van der Waals surface area contributed by atoms with E-state index in [0.717, 1.165) is 12.0 Å². The minimum atomic E-state index is -0.115. The van der Waals surface area contributed by atoms with Gasteiger partial charge in [0.15, 0.2) is 5.78 Å². The molecule has 1 aromatic carbocycles. The van der Waals surface area contributed by atoms with Crippen LogP contribution in [-0.2, 0) is 6.54 Å². The van der Waals surface area contributed by atoms with Crippen LogP contribution in [0.4, 0.5) is 0 Å². The Balaban J connectivity index is 1.93. The Morgan fingerprint density at radius 1 is 1.35 bits per heavy atom. The molecule has 106 valence electrons. The normalized spacial score (nSPS) is 12.3. The molecule has 1 atom stereocenters. The predicted octanol–water partition coefficient (Wildman–Crippen LogP) is 2.35. The highest BCUT2D eigenvalue weighted by Crippen LogP contribution is 2.16. The summed E-state index contributed by atoms with van der Waals surface area (Å²) in [5.41, 5.74) is 7.74. The zero-order chi connectivity index (χ0) is 14.4. The van der Waals surface area contributed by atoms with Gasteiger partial charge in [0.25, 0.3) is 0 Å². The fourth-order valence-corrected chi connectivity index (χ4v) is 2.13. The van der Waals surface area contributed by atoms with Crippen molar-refractivity contribution in [3.63, 3.8) is 0 Å². The Labute approximate surface area is 118 Å². The first-order valence-electron chi connectivity index (χ1n) is 6.94. The first-order valence-corrected chi connectivity index (χ1v) is 6.94. The van der Waals surface area contributed by atoms with Crippen molar-refractivity contribution in [2.45, 2.75) is 38.8 Å². The van der Waals surface area contributed by atoms with Crippen LogP contribution < -0.4 is 5.73 Å². The van der Waals surface area contributed by atoms with Crippen LogP contribution in [-0.4, -0.2) is 20.8 Å². The van der Waals surface area contributed by atoms with Gasteiger partial charge in [0.1, 0.15) is 5.69 Å². The Bertz CT molecular complexity index is 550. The van der Waals surface area contributed by atoms with E-state index in [4.69, 9.17) is 5.73 Å². The molecule has 2 aromatic rings. The molecule has 0 saturated carbocycles. The quantitative estimate of drug-likeness (QED) is 0.785. The number of aromatic nitrogens is 3. The summed E-state index contributed by atoms with van der Waals surface area (Å²) >= 11 is 0. The molecule has 2 N–H and O–H groups in total. The lowest BCUT2D eigenvalue weighted by Gasteiger charge is -2.11. The highest BCUT2D eigenvalue weighted by atomic mass is 16.1. The van der Waals surface area contributed by atoms with Gasteiger partial charge >= 0.3 is 0 Å². The molecule has 20 heavy (non-hydrogen) atoms. The maximum absolute atomic E-state index is 12.2. The highest BCUT2D eigenvalue weighted by Gasteiger charge is 2.15. The first kappa shape index (κ1) is 14.4. The molecule has 0 aliphatic heterocycles. The van der Waals surface area contributed by atoms with Crippen molar-refractivity contribution in [3.05, 3.63) is 47.8 Å². The Morgan fingerprint density at radius 2 is 2.10 bits per heavy atom. The average molecular weight is 272 g/mol. The second kappa shape index (κ2) is 6.96. The number of ketones is 1. The summed E-state index contributed by atoms with van der Waals surface area (Å²) in [6, 6.07) is 9.72. The van der Waals surface area contributed by atoms with Crippen molar-refractivity contribution in [1.82, 2.24) is 15.0 Å². The Hall–Kier alpha value is -2.01. The van der Waals surface area contributed by atoms with E-state index in [1.807, 2.05) is 37.3 Å². The molecule has 2 rings (SSSR count). The molecule has 0 spiro atoms. The minimum Gasteiger partial charge on any atom is -0.324 e. The lowest BCUT2D eigenvalue weighted by atomic mass is 10.0. The van der Waals surface area contributed by atoms with Gasteiger partial charge in [-0.15, -0.1) is 5.10 Å². The monoisotopic (exact) mass is 272 g/mol. The van der Waals surface area contributed by atoms with E-state index in [-0.39, 0.29) is 11.8 Å². The summed E-state index contributed by atoms with van der Waals surface area (Å²) in [5.74, 6) is 0.0508. The Morgan fingerprint density at radius 3 is 2.80 bits per heavy atom. The summed E-state index contributed by atoms with van der Waals surface area (Å²) in [6.45, 7) is 2.76. The Kier molecular flexibility index (Phi) is 5.01. The van der Waals surface area contributed by atoms with Crippen molar-refractivity contribution in [2.75, 3.05) is 0 Å². The molecular weight excluding hydrogens is 252 g/mol. The molecule has 1 aromatic heterocycles. The van der Waals surface area contributed by atoms with Crippen molar-refractivity contribution in [2.24, 2.45) is 5.73 Å². The molecule has 0 radical (unpaired) electrons. The standard InChI is InChI=1S/C15H20N4O/c1-2-10-19-14(11-17-18-19)15(20)9-8-13(16)12-6-4-3-5-7-12/h3-7,11,13H,2,8-10,16H2,1H3. The maximum Gasteiger partial charge on any atom is 0.182 e. The minimum absolute atomic E-state index is 0.0508. The molecular formula is C15H20N4O. The zero-order valence-corrected chi connectivity index (χ0v) is 11.7. The van der Waals surface area contributed by atoms with Crippen LogP contribution in [0.2, 0.25) is 0 Å². The van der Waals surface area contributed by atoms with Crippen LogP contribution in [0.15, 0.2) is 36.5 Å². The molecule has 5 heteroatoms. The second-order valence-corrected chi connectivity index (χ2v) is 4.82. The summed E-state index contributed by atoms with van der Waals surface area (Å²) < 4.78 is 1.66. The van der Waals surface area contributed by atoms with E-state index in [1.165, 1.54) is 6.20 Å². The fourth-order valence-electron chi connectivity index (χ4n) is 2.13. The summed E-state index contributed by atoms with van der Waals surface area (Å²) in [5, 5.41) is 7.73. The molecule has 0 aliphatic carbocycles. The molecule has 0 amide bonds. The summed E-state index contributed by atoms with van der Waals surface area (Å²) in [6.07, 6.45) is 3.49. The van der Waals surface area contributed by atoms with Crippen molar-refractivity contribution < 1.29 is 4.79 Å².